The minimum absolute atomic E-state index is 0.520. The average molecular weight is 294 g/mol. The van der Waals surface area contributed by atoms with E-state index in [1.165, 1.54) is 17.7 Å². The van der Waals surface area contributed by atoms with Crippen LogP contribution in [0.1, 0.15) is 36.8 Å². The van der Waals surface area contributed by atoms with Crippen LogP contribution < -0.4 is 0 Å². The van der Waals surface area contributed by atoms with Crippen LogP contribution in [0.2, 0.25) is 0 Å². The molecule has 112 valence electrons. The molecule has 21 heavy (non-hydrogen) atoms. The number of carbonyl (C=O) groups is 1. The van der Waals surface area contributed by atoms with Gasteiger partial charge in [0, 0.05) is 0 Å². The largest absolute Gasteiger partial charge is 0.416 e. The van der Waals surface area contributed by atoms with Crippen LogP contribution in [0.3, 0.4) is 0 Å². The molecule has 0 N–H and O–H groups in total. The first kappa shape index (κ1) is 15.5. The summed E-state index contributed by atoms with van der Waals surface area (Å²) < 4.78 is 37.9. The summed E-state index contributed by atoms with van der Waals surface area (Å²) in [7, 11) is 0. The van der Waals surface area contributed by atoms with Crippen molar-refractivity contribution in [2.24, 2.45) is 0 Å². The summed E-state index contributed by atoms with van der Waals surface area (Å²) in [6, 6.07) is 5.46. The van der Waals surface area contributed by atoms with Crippen molar-refractivity contribution >= 4 is 6.29 Å². The van der Waals surface area contributed by atoms with Crippen molar-refractivity contribution in [3.8, 4) is 0 Å². The van der Waals surface area contributed by atoms with E-state index in [0.29, 0.717) is 12.0 Å². The minimum atomic E-state index is -4.29. The van der Waals surface area contributed by atoms with E-state index in [4.69, 9.17) is 0 Å². The van der Waals surface area contributed by atoms with Gasteiger partial charge in [-0.3, -0.25) is 4.79 Å². The molecule has 1 saturated carbocycles. The second-order valence-electron chi connectivity index (χ2n) is 5.23. The Hall–Kier alpha value is -1.84. The molecule has 0 unspecified atom stereocenters. The molecular weight excluding hydrogens is 277 g/mol. The summed E-state index contributed by atoms with van der Waals surface area (Å²) in [5.41, 5.74) is 2.49. The predicted molar refractivity (Wildman–Crippen MR) is 75.8 cm³/mol. The highest BCUT2D eigenvalue weighted by Gasteiger charge is 2.30. The molecule has 2 rings (SSSR count). The lowest BCUT2D eigenvalue weighted by Gasteiger charge is -2.17. The first-order valence-electron chi connectivity index (χ1n) is 6.96. The van der Waals surface area contributed by atoms with Gasteiger partial charge in [0.25, 0.3) is 0 Å². The molecule has 0 radical (unpaired) electrons. The first-order chi connectivity index (χ1) is 9.99. The topological polar surface area (TPSA) is 17.1 Å². The maximum absolute atomic E-state index is 12.6. The highest BCUT2D eigenvalue weighted by molar-refractivity contribution is 5.66. The molecule has 0 amide bonds. The van der Waals surface area contributed by atoms with Crippen molar-refractivity contribution in [1.29, 1.82) is 0 Å². The summed E-state index contributed by atoms with van der Waals surface area (Å²) in [4.78, 5) is 10.4. The van der Waals surface area contributed by atoms with E-state index in [-0.39, 0.29) is 0 Å². The molecule has 1 fully saturated rings. The minimum Gasteiger partial charge on any atom is -0.299 e. The predicted octanol–water partition coefficient (Wildman–Crippen LogP) is 4.87. The third-order valence-electron chi connectivity index (χ3n) is 3.72. The zero-order chi connectivity index (χ0) is 15.3. The van der Waals surface area contributed by atoms with Crippen LogP contribution in [0.25, 0.3) is 0 Å². The number of hydrogen-bond acceptors (Lipinski definition) is 1. The van der Waals surface area contributed by atoms with Crippen LogP contribution in [0, 0.1) is 0 Å². The maximum atomic E-state index is 12.6. The average Bonchev–Trinajstić information content (AvgIpc) is 2.46. The lowest BCUT2D eigenvalue weighted by molar-refractivity contribution is -0.137. The Morgan fingerprint density at radius 3 is 2.33 bits per heavy atom. The fourth-order valence-corrected chi connectivity index (χ4v) is 2.50. The van der Waals surface area contributed by atoms with Gasteiger partial charge in [-0.05, 0) is 49.8 Å². The summed E-state index contributed by atoms with van der Waals surface area (Å²) in [6.45, 7) is 0. The summed E-state index contributed by atoms with van der Waals surface area (Å²) in [5, 5.41) is 0. The molecule has 1 aliphatic rings. The summed E-state index contributed by atoms with van der Waals surface area (Å²) in [5.74, 6) is 0. The Kier molecular flexibility index (Phi) is 4.99. The lowest BCUT2D eigenvalue weighted by atomic mass is 9.89. The van der Waals surface area contributed by atoms with E-state index >= 15 is 0 Å². The van der Waals surface area contributed by atoms with Gasteiger partial charge in [0.2, 0.25) is 0 Å². The standard InChI is InChI=1S/C17H17F3O/c18-17(19,20)16-3-1-2-15(12-16)9-8-13-4-6-14(7-5-13)10-11-21/h1-3,8,10-12H,4-7,9H2. The number of halogens is 3. The lowest BCUT2D eigenvalue weighted by Crippen LogP contribution is -2.05. The molecule has 1 aromatic carbocycles. The first-order valence-corrected chi connectivity index (χ1v) is 6.96. The molecule has 1 aliphatic carbocycles. The van der Waals surface area contributed by atoms with Crippen LogP contribution in [0.5, 0.6) is 0 Å². The Labute approximate surface area is 122 Å². The molecule has 0 atom stereocenters. The molecule has 0 heterocycles. The van der Waals surface area contributed by atoms with E-state index in [0.717, 1.165) is 43.6 Å². The fourth-order valence-electron chi connectivity index (χ4n) is 2.50. The number of carbonyl (C=O) groups excluding carboxylic acids is 1. The second-order valence-corrected chi connectivity index (χ2v) is 5.23. The van der Waals surface area contributed by atoms with Crippen molar-refractivity contribution in [3.05, 3.63) is 58.7 Å². The quantitative estimate of drug-likeness (QED) is 0.441. The number of benzene rings is 1. The van der Waals surface area contributed by atoms with Gasteiger partial charge in [-0.2, -0.15) is 13.2 Å². The molecule has 1 nitrogen and oxygen atoms in total. The molecule has 0 aromatic heterocycles. The molecular formula is C17H17F3O. The smallest absolute Gasteiger partial charge is 0.299 e. The van der Waals surface area contributed by atoms with Crippen LogP contribution in [0.4, 0.5) is 13.2 Å². The van der Waals surface area contributed by atoms with Gasteiger partial charge in [-0.25, -0.2) is 0 Å². The monoisotopic (exact) mass is 294 g/mol. The van der Waals surface area contributed by atoms with Gasteiger partial charge in [-0.15, -0.1) is 0 Å². The van der Waals surface area contributed by atoms with E-state index in [1.54, 1.807) is 12.1 Å². The molecule has 4 heteroatoms. The van der Waals surface area contributed by atoms with Crippen molar-refractivity contribution in [2.45, 2.75) is 38.3 Å². The number of hydrogen-bond donors (Lipinski definition) is 0. The molecule has 1 aromatic rings. The van der Waals surface area contributed by atoms with E-state index in [1.807, 2.05) is 6.08 Å². The van der Waals surface area contributed by atoms with Crippen molar-refractivity contribution < 1.29 is 18.0 Å². The fraction of sp³-hybridized carbons (Fsp3) is 0.353. The SMILES string of the molecule is O=CC=C1CCC(=CCc2cccc(C(F)(F)F)c2)CC1. The summed E-state index contributed by atoms with van der Waals surface area (Å²) >= 11 is 0. The highest BCUT2D eigenvalue weighted by Crippen LogP contribution is 2.30. The van der Waals surface area contributed by atoms with Crippen molar-refractivity contribution in [2.75, 3.05) is 0 Å². The molecule has 0 spiro atoms. The molecule has 0 aliphatic heterocycles. The zero-order valence-electron chi connectivity index (χ0n) is 11.6. The Balaban J connectivity index is 1.99. The Morgan fingerprint density at radius 1 is 1.05 bits per heavy atom. The van der Waals surface area contributed by atoms with E-state index < -0.39 is 11.7 Å². The number of aldehydes is 1. The van der Waals surface area contributed by atoms with Gasteiger partial charge >= 0.3 is 6.18 Å². The number of alkyl halides is 3. The zero-order valence-corrected chi connectivity index (χ0v) is 11.6. The maximum Gasteiger partial charge on any atom is 0.416 e. The van der Waals surface area contributed by atoms with Crippen molar-refractivity contribution in [1.82, 2.24) is 0 Å². The van der Waals surface area contributed by atoms with Gasteiger partial charge in [0.05, 0.1) is 5.56 Å². The summed E-state index contributed by atoms with van der Waals surface area (Å²) in [6.07, 6.45) is 4.19. The number of rotatable bonds is 3. The van der Waals surface area contributed by atoms with Gasteiger partial charge in [0.15, 0.2) is 0 Å². The third-order valence-corrected chi connectivity index (χ3v) is 3.72. The molecule has 0 bridgehead atoms. The van der Waals surface area contributed by atoms with Crippen LogP contribution in [-0.4, -0.2) is 6.29 Å². The van der Waals surface area contributed by atoms with Crippen LogP contribution >= 0.6 is 0 Å². The third kappa shape index (κ3) is 4.59. The Bertz CT molecular complexity index is 556. The van der Waals surface area contributed by atoms with Crippen LogP contribution in [-0.2, 0) is 17.4 Å². The normalized spacial score (nSPS) is 15.8. The van der Waals surface area contributed by atoms with Crippen LogP contribution in [0.15, 0.2) is 47.6 Å². The van der Waals surface area contributed by atoms with Crippen molar-refractivity contribution in [3.63, 3.8) is 0 Å². The highest BCUT2D eigenvalue weighted by atomic mass is 19.4. The Morgan fingerprint density at radius 2 is 1.71 bits per heavy atom. The molecule has 0 saturated heterocycles. The van der Waals surface area contributed by atoms with Gasteiger partial charge in [0.1, 0.15) is 6.29 Å². The van der Waals surface area contributed by atoms with Gasteiger partial charge < -0.3 is 0 Å². The van der Waals surface area contributed by atoms with E-state index in [9.17, 15) is 18.0 Å². The number of allylic oxidation sites excluding steroid dienone is 4. The van der Waals surface area contributed by atoms with E-state index in [2.05, 4.69) is 0 Å². The van der Waals surface area contributed by atoms with Gasteiger partial charge in [-0.1, -0.05) is 35.4 Å². The second kappa shape index (κ2) is 6.74.